The Balaban J connectivity index is 2.13. The van der Waals surface area contributed by atoms with E-state index in [2.05, 4.69) is 15.6 Å². The summed E-state index contributed by atoms with van der Waals surface area (Å²) in [6, 6.07) is 0. The zero-order chi connectivity index (χ0) is 15.5. The summed E-state index contributed by atoms with van der Waals surface area (Å²) in [5.74, 6) is 0.0133. The summed E-state index contributed by atoms with van der Waals surface area (Å²) in [5.41, 5.74) is 0.729. The number of rotatable bonds is 11. The molecule has 0 unspecified atom stereocenters. The van der Waals surface area contributed by atoms with E-state index in [1.54, 1.807) is 10.9 Å². The lowest BCUT2D eigenvalue weighted by Gasteiger charge is -2.06. The number of aromatic nitrogens is 3. The average Bonchev–Trinajstić information content (AvgIpc) is 2.90. The third-order valence-electron chi connectivity index (χ3n) is 2.61. The number of aliphatic hydroxyl groups excluding tert-OH is 1. The maximum atomic E-state index is 11.4. The molecular formula is C13H24N4O4. The Morgan fingerprint density at radius 3 is 2.86 bits per heavy atom. The normalized spacial score (nSPS) is 11.0. The quantitative estimate of drug-likeness (QED) is 0.538. The SMILES string of the molecule is CC(C)C(=O)NCCn1cc(COCCOCCO)nn1. The standard InChI is InChI=1S/C13H24N4O4/c1-11(2)13(19)14-3-4-17-9-12(15-16-17)10-21-8-7-20-6-5-18/h9,11,18H,3-8,10H2,1-2H3,(H,14,19). The number of carbonyl (C=O) groups is 1. The molecule has 0 bridgehead atoms. The average molecular weight is 300 g/mol. The van der Waals surface area contributed by atoms with Crippen LogP contribution in [0.4, 0.5) is 0 Å². The molecule has 0 radical (unpaired) electrons. The molecule has 1 heterocycles. The lowest BCUT2D eigenvalue weighted by Crippen LogP contribution is -2.30. The highest BCUT2D eigenvalue weighted by Gasteiger charge is 2.06. The zero-order valence-corrected chi connectivity index (χ0v) is 12.6. The number of nitrogens with zero attached hydrogens (tertiary/aromatic N) is 3. The number of amides is 1. The van der Waals surface area contributed by atoms with Crippen LogP contribution >= 0.6 is 0 Å². The topological polar surface area (TPSA) is 98.5 Å². The lowest BCUT2D eigenvalue weighted by molar-refractivity contribution is -0.124. The third kappa shape index (κ3) is 7.74. The summed E-state index contributed by atoms with van der Waals surface area (Å²) < 4.78 is 12.1. The second-order valence-corrected chi connectivity index (χ2v) is 4.81. The fraction of sp³-hybridized carbons (Fsp3) is 0.769. The van der Waals surface area contributed by atoms with E-state index in [4.69, 9.17) is 14.6 Å². The van der Waals surface area contributed by atoms with Gasteiger partial charge in [0, 0.05) is 12.5 Å². The minimum Gasteiger partial charge on any atom is -0.394 e. The van der Waals surface area contributed by atoms with Crippen LogP contribution in [0.3, 0.4) is 0 Å². The van der Waals surface area contributed by atoms with Crippen LogP contribution < -0.4 is 5.32 Å². The molecule has 1 amide bonds. The van der Waals surface area contributed by atoms with Crippen LogP contribution in [0, 0.1) is 5.92 Å². The van der Waals surface area contributed by atoms with Crippen molar-refractivity contribution in [3.63, 3.8) is 0 Å². The van der Waals surface area contributed by atoms with Gasteiger partial charge in [0.2, 0.25) is 5.91 Å². The molecule has 0 atom stereocenters. The maximum Gasteiger partial charge on any atom is 0.222 e. The van der Waals surface area contributed by atoms with E-state index >= 15 is 0 Å². The van der Waals surface area contributed by atoms with Gasteiger partial charge in [0.05, 0.1) is 45.8 Å². The minimum atomic E-state index is -0.0160. The van der Waals surface area contributed by atoms with E-state index in [9.17, 15) is 4.79 Å². The van der Waals surface area contributed by atoms with Crippen molar-refractivity contribution in [2.45, 2.75) is 27.0 Å². The summed E-state index contributed by atoms with van der Waals surface area (Å²) >= 11 is 0. The second-order valence-electron chi connectivity index (χ2n) is 4.81. The molecule has 120 valence electrons. The summed E-state index contributed by atoms with van der Waals surface area (Å²) in [6.07, 6.45) is 1.79. The van der Waals surface area contributed by atoms with Crippen molar-refractivity contribution < 1.29 is 19.4 Å². The van der Waals surface area contributed by atoms with Gasteiger partial charge in [-0.25, -0.2) is 0 Å². The highest BCUT2D eigenvalue weighted by Crippen LogP contribution is 1.96. The zero-order valence-electron chi connectivity index (χ0n) is 12.6. The van der Waals surface area contributed by atoms with Crippen molar-refractivity contribution in [1.29, 1.82) is 0 Å². The van der Waals surface area contributed by atoms with E-state index < -0.39 is 0 Å². The molecule has 0 aromatic carbocycles. The van der Waals surface area contributed by atoms with Crippen molar-refractivity contribution in [2.24, 2.45) is 5.92 Å². The van der Waals surface area contributed by atoms with Gasteiger partial charge in [0.15, 0.2) is 0 Å². The Bertz CT molecular complexity index is 409. The van der Waals surface area contributed by atoms with Gasteiger partial charge < -0.3 is 19.9 Å². The molecule has 0 saturated heterocycles. The van der Waals surface area contributed by atoms with E-state index in [0.717, 1.165) is 5.69 Å². The summed E-state index contributed by atoms with van der Waals surface area (Å²) in [5, 5.41) is 19.3. The molecule has 0 spiro atoms. The Labute approximate surface area is 124 Å². The Kier molecular flexibility index (Phi) is 8.56. The van der Waals surface area contributed by atoms with E-state index in [-0.39, 0.29) is 18.4 Å². The molecule has 1 aromatic rings. The van der Waals surface area contributed by atoms with Gasteiger partial charge in [0.1, 0.15) is 5.69 Å². The first kappa shape index (κ1) is 17.5. The van der Waals surface area contributed by atoms with Gasteiger partial charge >= 0.3 is 0 Å². The van der Waals surface area contributed by atoms with Crippen molar-refractivity contribution in [3.8, 4) is 0 Å². The molecule has 1 rings (SSSR count). The molecule has 2 N–H and O–H groups in total. The van der Waals surface area contributed by atoms with E-state index in [0.29, 0.717) is 39.5 Å². The molecular weight excluding hydrogens is 276 g/mol. The smallest absolute Gasteiger partial charge is 0.222 e. The van der Waals surface area contributed by atoms with Crippen LogP contribution in [-0.4, -0.2) is 59.0 Å². The van der Waals surface area contributed by atoms with Crippen LogP contribution in [0.25, 0.3) is 0 Å². The Morgan fingerprint density at radius 1 is 1.38 bits per heavy atom. The maximum absolute atomic E-state index is 11.4. The number of hydrogen-bond acceptors (Lipinski definition) is 6. The molecule has 21 heavy (non-hydrogen) atoms. The van der Waals surface area contributed by atoms with Gasteiger partial charge in [-0.15, -0.1) is 5.10 Å². The van der Waals surface area contributed by atoms with Crippen molar-refractivity contribution >= 4 is 5.91 Å². The second kappa shape index (κ2) is 10.3. The number of aliphatic hydroxyl groups is 1. The first-order valence-corrected chi connectivity index (χ1v) is 7.06. The third-order valence-corrected chi connectivity index (χ3v) is 2.61. The molecule has 0 aliphatic carbocycles. The molecule has 0 aliphatic rings. The minimum absolute atomic E-state index is 0.0155. The van der Waals surface area contributed by atoms with Crippen LogP contribution in [0.15, 0.2) is 6.20 Å². The van der Waals surface area contributed by atoms with Crippen molar-refractivity contribution in [3.05, 3.63) is 11.9 Å². The first-order chi connectivity index (χ1) is 10.1. The van der Waals surface area contributed by atoms with Crippen LogP contribution in [0.1, 0.15) is 19.5 Å². The highest BCUT2D eigenvalue weighted by atomic mass is 16.5. The summed E-state index contributed by atoms with van der Waals surface area (Å²) in [7, 11) is 0. The largest absolute Gasteiger partial charge is 0.394 e. The number of nitrogens with one attached hydrogen (secondary N) is 1. The van der Waals surface area contributed by atoms with Gasteiger partial charge in [-0.2, -0.15) is 0 Å². The van der Waals surface area contributed by atoms with Gasteiger partial charge in [-0.05, 0) is 0 Å². The first-order valence-electron chi connectivity index (χ1n) is 7.06. The molecule has 1 aromatic heterocycles. The highest BCUT2D eigenvalue weighted by molar-refractivity contribution is 5.77. The van der Waals surface area contributed by atoms with E-state index in [1.165, 1.54) is 0 Å². The molecule has 0 aliphatic heterocycles. The predicted octanol–water partition coefficient (Wildman–Crippen LogP) is -0.424. The number of carbonyl (C=O) groups excluding carboxylic acids is 1. The van der Waals surface area contributed by atoms with Crippen LogP contribution in [0.2, 0.25) is 0 Å². The summed E-state index contributed by atoms with van der Waals surface area (Å²) in [6.45, 7) is 6.38. The number of hydrogen-bond donors (Lipinski definition) is 2. The van der Waals surface area contributed by atoms with Crippen LogP contribution in [-0.2, 0) is 27.4 Å². The van der Waals surface area contributed by atoms with Gasteiger partial charge in [-0.3, -0.25) is 9.48 Å². The monoisotopic (exact) mass is 300 g/mol. The van der Waals surface area contributed by atoms with Gasteiger partial charge in [0.25, 0.3) is 0 Å². The summed E-state index contributed by atoms with van der Waals surface area (Å²) in [4.78, 5) is 11.4. The van der Waals surface area contributed by atoms with E-state index in [1.807, 2.05) is 13.8 Å². The van der Waals surface area contributed by atoms with Crippen LogP contribution in [0.5, 0.6) is 0 Å². The number of ether oxygens (including phenoxy) is 2. The van der Waals surface area contributed by atoms with Crippen molar-refractivity contribution in [1.82, 2.24) is 20.3 Å². The predicted molar refractivity (Wildman–Crippen MR) is 75.4 cm³/mol. The molecule has 8 nitrogen and oxygen atoms in total. The molecule has 8 heteroatoms. The lowest BCUT2D eigenvalue weighted by atomic mass is 10.2. The van der Waals surface area contributed by atoms with Gasteiger partial charge in [-0.1, -0.05) is 19.1 Å². The molecule has 0 fully saturated rings. The fourth-order valence-electron chi connectivity index (χ4n) is 1.47. The Hall–Kier alpha value is -1.51. The Morgan fingerprint density at radius 2 is 2.14 bits per heavy atom. The fourth-order valence-corrected chi connectivity index (χ4v) is 1.47. The van der Waals surface area contributed by atoms with Crippen molar-refractivity contribution in [2.75, 3.05) is 33.0 Å². The molecule has 0 saturated carbocycles.